The molecule has 0 bridgehead atoms. The van der Waals surface area contributed by atoms with Crippen molar-refractivity contribution in [3.8, 4) is 0 Å². The molecule has 2 heterocycles. The van der Waals surface area contributed by atoms with E-state index in [1.165, 1.54) is 21.6 Å². The van der Waals surface area contributed by atoms with Crippen LogP contribution in [0.3, 0.4) is 0 Å². The second kappa shape index (κ2) is 5.89. The van der Waals surface area contributed by atoms with E-state index in [1.807, 2.05) is 24.9 Å². The summed E-state index contributed by atoms with van der Waals surface area (Å²) >= 11 is 8.23. The van der Waals surface area contributed by atoms with E-state index in [2.05, 4.69) is 46.6 Å². The van der Waals surface area contributed by atoms with E-state index in [1.54, 1.807) is 0 Å². The Kier molecular flexibility index (Phi) is 3.91. The maximum absolute atomic E-state index is 6.30. The zero-order valence-electron chi connectivity index (χ0n) is 12.6. The number of nitrogens with zero attached hydrogens (tertiary/aromatic N) is 1. The summed E-state index contributed by atoms with van der Waals surface area (Å²) in [5, 5.41) is 4.20. The average Bonchev–Trinajstić information content (AvgIpc) is 2.64. The number of thioether (sulfide) groups is 1. The topological polar surface area (TPSA) is 15.3 Å². The number of rotatable bonds is 2. The molecular weight excluding hydrogens is 312 g/mol. The lowest BCUT2D eigenvalue weighted by Crippen LogP contribution is -2.58. The molecule has 0 spiro atoms. The summed E-state index contributed by atoms with van der Waals surface area (Å²) < 4.78 is 0. The Morgan fingerprint density at radius 1 is 1.14 bits per heavy atom. The molecule has 2 aliphatic heterocycles. The van der Waals surface area contributed by atoms with Crippen LogP contribution in [0.2, 0.25) is 5.02 Å². The second-order valence-corrected chi connectivity index (χ2v) is 7.47. The first-order valence-electron chi connectivity index (χ1n) is 7.67. The lowest BCUT2D eigenvalue weighted by Gasteiger charge is -2.45. The highest BCUT2D eigenvalue weighted by atomic mass is 35.5. The summed E-state index contributed by atoms with van der Waals surface area (Å²) in [6, 6.07) is 16.1. The van der Waals surface area contributed by atoms with Gasteiger partial charge in [-0.3, -0.25) is 4.90 Å². The van der Waals surface area contributed by atoms with Crippen LogP contribution in [0, 0.1) is 0 Å². The molecule has 4 rings (SSSR count). The highest BCUT2D eigenvalue weighted by Crippen LogP contribution is 2.44. The highest BCUT2D eigenvalue weighted by Gasteiger charge is 2.36. The fourth-order valence-corrected chi connectivity index (χ4v) is 4.68. The third-order valence-electron chi connectivity index (χ3n) is 4.68. The van der Waals surface area contributed by atoms with Gasteiger partial charge in [0.15, 0.2) is 0 Å². The Labute approximate surface area is 140 Å². The lowest BCUT2D eigenvalue weighted by molar-refractivity contribution is 0.0964. The number of benzene rings is 2. The molecule has 0 radical (unpaired) electrons. The molecular formula is C18H19ClN2S. The molecule has 2 aliphatic rings. The molecule has 2 nitrogen and oxygen atoms in total. The summed E-state index contributed by atoms with van der Waals surface area (Å²) in [4.78, 5) is 3.92. The third kappa shape index (κ3) is 2.46. The van der Waals surface area contributed by atoms with E-state index in [0.29, 0.717) is 12.1 Å². The fourth-order valence-electron chi connectivity index (χ4n) is 3.42. The maximum Gasteiger partial charge on any atom is 0.0617 e. The SMILES string of the molecule is CNC1CN(C2c3ccccc3CSc3ccc(Cl)cc32)C1. The molecule has 2 aromatic carbocycles. The standard InChI is InChI=1S/C18H19ClN2S/c1-20-14-9-21(10-14)18-15-5-3-2-4-12(15)11-22-17-7-6-13(19)8-16(17)18/h2-8,14,18,20H,9-11H2,1H3. The van der Waals surface area contributed by atoms with E-state index < -0.39 is 0 Å². The van der Waals surface area contributed by atoms with Crippen molar-refractivity contribution in [2.24, 2.45) is 0 Å². The van der Waals surface area contributed by atoms with Crippen LogP contribution in [0.1, 0.15) is 22.7 Å². The Morgan fingerprint density at radius 3 is 2.77 bits per heavy atom. The molecule has 0 aliphatic carbocycles. The summed E-state index contributed by atoms with van der Waals surface area (Å²) in [6.07, 6.45) is 0. The first-order valence-corrected chi connectivity index (χ1v) is 9.04. The van der Waals surface area contributed by atoms with Gasteiger partial charge in [0, 0.05) is 34.8 Å². The normalized spacial score (nSPS) is 21.6. The number of hydrogen-bond acceptors (Lipinski definition) is 3. The van der Waals surface area contributed by atoms with E-state index in [0.717, 1.165) is 23.9 Å². The Bertz CT molecular complexity index is 697. The molecule has 114 valence electrons. The van der Waals surface area contributed by atoms with Crippen molar-refractivity contribution >= 4 is 23.4 Å². The van der Waals surface area contributed by atoms with E-state index in [9.17, 15) is 0 Å². The van der Waals surface area contributed by atoms with Gasteiger partial charge >= 0.3 is 0 Å². The second-order valence-electron chi connectivity index (χ2n) is 6.01. The van der Waals surface area contributed by atoms with Crippen LogP contribution in [0.25, 0.3) is 0 Å². The van der Waals surface area contributed by atoms with Crippen LogP contribution < -0.4 is 5.32 Å². The minimum absolute atomic E-state index is 0.324. The van der Waals surface area contributed by atoms with Gasteiger partial charge in [0.2, 0.25) is 0 Å². The Morgan fingerprint density at radius 2 is 1.95 bits per heavy atom. The molecule has 1 atom stereocenters. The monoisotopic (exact) mass is 330 g/mol. The average molecular weight is 331 g/mol. The zero-order chi connectivity index (χ0) is 15.1. The first-order chi connectivity index (χ1) is 10.8. The summed E-state index contributed by atoms with van der Waals surface area (Å²) in [5.74, 6) is 1.03. The predicted octanol–water partition coefficient (Wildman–Crippen LogP) is 3.94. The minimum atomic E-state index is 0.324. The number of fused-ring (bicyclic) bond motifs is 2. The van der Waals surface area contributed by atoms with Crippen molar-refractivity contribution in [3.05, 3.63) is 64.2 Å². The van der Waals surface area contributed by atoms with Crippen molar-refractivity contribution in [1.82, 2.24) is 10.2 Å². The van der Waals surface area contributed by atoms with Gasteiger partial charge in [0.25, 0.3) is 0 Å². The molecule has 1 N–H and O–H groups in total. The molecule has 1 saturated heterocycles. The number of halogens is 1. The fraction of sp³-hybridized carbons (Fsp3) is 0.333. The zero-order valence-corrected chi connectivity index (χ0v) is 14.1. The molecule has 1 fully saturated rings. The largest absolute Gasteiger partial charge is 0.315 e. The van der Waals surface area contributed by atoms with Crippen molar-refractivity contribution in [2.75, 3.05) is 20.1 Å². The van der Waals surface area contributed by atoms with Crippen LogP contribution in [0.5, 0.6) is 0 Å². The van der Waals surface area contributed by atoms with E-state index in [4.69, 9.17) is 11.6 Å². The van der Waals surface area contributed by atoms with E-state index >= 15 is 0 Å². The number of hydrogen-bond donors (Lipinski definition) is 1. The lowest BCUT2D eigenvalue weighted by atomic mass is 9.90. The van der Waals surface area contributed by atoms with Crippen molar-refractivity contribution in [1.29, 1.82) is 0 Å². The first kappa shape index (κ1) is 14.6. The van der Waals surface area contributed by atoms with Gasteiger partial charge < -0.3 is 5.32 Å². The molecule has 22 heavy (non-hydrogen) atoms. The molecule has 4 heteroatoms. The molecule has 0 saturated carbocycles. The number of nitrogens with one attached hydrogen (secondary N) is 1. The number of likely N-dealkylation sites (tertiary alicyclic amines) is 1. The molecule has 2 aromatic rings. The highest BCUT2D eigenvalue weighted by molar-refractivity contribution is 7.98. The van der Waals surface area contributed by atoms with Crippen LogP contribution in [-0.2, 0) is 5.75 Å². The smallest absolute Gasteiger partial charge is 0.0617 e. The predicted molar refractivity (Wildman–Crippen MR) is 93.7 cm³/mol. The van der Waals surface area contributed by atoms with Crippen molar-refractivity contribution in [3.63, 3.8) is 0 Å². The van der Waals surface area contributed by atoms with Crippen LogP contribution in [-0.4, -0.2) is 31.1 Å². The summed E-state index contributed by atoms with van der Waals surface area (Å²) in [7, 11) is 2.05. The van der Waals surface area contributed by atoms with Gasteiger partial charge in [-0.05, 0) is 41.9 Å². The summed E-state index contributed by atoms with van der Waals surface area (Å²) in [5.41, 5.74) is 4.24. The Hall–Kier alpha value is -1.00. The maximum atomic E-state index is 6.30. The molecule has 0 aromatic heterocycles. The van der Waals surface area contributed by atoms with Gasteiger partial charge in [0.1, 0.15) is 0 Å². The Balaban J connectivity index is 1.81. The minimum Gasteiger partial charge on any atom is -0.315 e. The molecule has 0 amide bonds. The van der Waals surface area contributed by atoms with Gasteiger partial charge in [0.05, 0.1) is 6.04 Å². The molecule has 1 unspecified atom stereocenters. The quantitative estimate of drug-likeness (QED) is 0.898. The van der Waals surface area contributed by atoms with Crippen molar-refractivity contribution in [2.45, 2.75) is 22.7 Å². The van der Waals surface area contributed by atoms with Crippen LogP contribution >= 0.6 is 23.4 Å². The number of likely N-dealkylation sites (N-methyl/N-ethyl adjacent to an activating group) is 1. The van der Waals surface area contributed by atoms with Gasteiger partial charge in [-0.1, -0.05) is 35.9 Å². The van der Waals surface area contributed by atoms with Crippen LogP contribution in [0.4, 0.5) is 0 Å². The van der Waals surface area contributed by atoms with Gasteiger partial charge in [-0.15, -0.1) is 11.8 Å². The van der Waals surface area contributed by atoms with Crippen LogP contribution in [0.15, 0.2) is 47.4 Å². The van der Waals surface area contributed by atoms with Crippen molar-refractivity contribution < 1.29 is 0 Å². The van der Waals surface area contributed by atoms with Gasteiger partial charge in [-0.25, -0.2) is 0 Å². The third-order valence-corrected chi connectivity index (χ3v) is 6.06. The van der Waals surface area contributed by atoms with E-state index in [-0.39, 0.29) is 0 Å². The summed E-state index contributed by atoms with van der Waals surface area (Å²) in [6.45, 7) is 2.18. The van der Waals surface area contributed by atoms with Gasteiger partial charge in [-0.2, -0.15) is 0 Å².